The van der Waals surface area contributed by atoms with E-state index in [9.17, 15) is 9.59 Å². The molecule has 0 saturated heterocycles. The molecule has 122 valence electrons. The number of aromatic amines is 1. The summed E-state index contributed by atoms with van der Waals surface area (Å²) in [5.74, 6) is 0.388. The largest absolute Gasteiger partial charge is 0.329 e. The fourth-order valence-electron chi connectivity index (χ4n) is 2.19. The van der Waals surface area contributed by atoms with Crippen molar-refractivity contribution in [1.29, 1.82) is 0 Å². The van der Waals surface area contributed by atoms with Crippen LogP contribution < -0.4 is 16.3 Å². The predicted molar refractivity (Wildman–Crippen MR) is 93.4 cm³/mol. The van der Waals surface area contributed by atoms with Gasteiger partial charge in [0.05, 0.1) is 6.21 Å². The SMILES string of the molecule is CCCc1ccc(/C=N\N(CC)c2cc(=O)n(C)c(=O)[nH]2)cc1. The zero-order valence-electron chi connectivity index (χ0n) is 13.7. The monoisotopic (exact) mass is 314 g/mol. The molecule has 2 rings (SSSR count). The number of aromatic nitrogens is 2. The fraction of sp³-hybridized carbons (Fsp3) is 0.353. The van der Waals surface area contributed by atoms with Gasteiger partial charge in [-0.25, -0.2) is 9.80 Å². The van der Waals surface area contributed by atoms with E-state index in [1.54, 1.807) is 11.2 Å². The van der Waals surface area contributed by atoms with E-state index in [1.165, 1.54) is 18.7 Å². The third-order valence-electron chi connectivity index (χ3n) is 3.57. The molecule has 1 heterocycles. The van der Waals surface area contributed by atoms with Crippen molar-refractivity contribution in [3.05, 3.63) is 62.3 Å². The maximum Gasteiger partial charge on any atom is 0.329 e. The van der Waals surface area contributed by atoms with Crippen LogP contribution in [0.5, 0.6) is 0 Å². The Morgan fingerprint density at radius 1 is 1.22 bits per heavy atom. The highest BCUT2D eigenvalue weighted by Crippen LogP contribution is 2.08. The van der Waals surface area contributed by atoms with Crippen molar-refractivity contribution in [1.82, 2.24) is 9.55 Å². The topological polar surface area (TPSA) is 70.5 Å². The van der Waals surface area contributed by atoms with Crippen LogP contribution in [0.2, 0.25) is 0 Å². The Hall–Kier alpha value is -2.63. The Morgan fingerprint density at radius 3 is 2.48 bits per heavy atom. The normalized spacial score (nSPS) is 11.1. The molecule has 0 bridgehead atoms. The minimum atomic E-state index is -0.454. The number of benzene rings is 1. The summed E-state index contributed by atoms with van der Waals surface area (Å²) in [5, 5.41) is 5.95. The van der Waals surface area contributed by atoms with Gasteiger partial charge in [-0.1, -0.05) is 37.6 Å². The lowest BCUT2D eigenvalue weighted by Gasteiger charge is -2.16. The number of hydrogen-bond acceptors (Lipinski definition) is 4. The molecule has 1 aromatic carbocycles. The molecule has 0 fully saturated rings. The van der Waals surface area contributed by atoms with Crippen LogP contribution in [0.3, 0.4) is 0 Å². The van der Waals surface area contributed by atoms with E-state index >= 15 is 0 Å². The number of hydrazone groups is 1. The van der Waals surface area contributed by atoms with Crippen LogP contribution in [0.4, 0.5) is 5.82 Å². The zero-order chi connectivity index (χ0) is 16.8. The van der Waals surface area contributed by atoms with Gasteiger partial charge in [0.15, 0.2) is 0 Å². The summed E-state index contributed by atoms with van der Waals surface area (Å²) in [5.41, 5.74) is 1.45. The maximum absolute atomic E-state index is 11.7. The standard InChI is InChI=1S/C17H22N4O2/c1-4-6-13-7-9-14(10-8-13)12-18-21(5-2)15-11-16(22)20(3)17(23)19-15/h7-12H,4-6H2,1-3H3,(H,19,23)/b18-12-. The Balaban J connectivity index is 2.22. The maximum atomic E-state index is 11.7. The molecule has 6 heteroatoms. The number of rotatable bonds is 6. The third-order valence-corrected chi connectivity index (χ3v) is 3.57. The number of H-pyrrole nitrogens is 1. The van der Waals surface area contributed by atoms with Crippen molar-refractivity contribution in [2.75, 3.05) is 11.6 Å². The smallest absolute Gasteiger partial charge is 0.292 e. The van der Waals surface area contributed by atoms with Crippen molar-refractivity contribution in [3.8, 4) is 0 Å². The van der Waals surface area contributed by atoms with Gasteiger partial charge in [-0.2, -0.15) is 5.10 Å². The second kappa shape index (κ2) is 7.58. The van der Waals surface area contributed by atoms with Gasteiger partial charge in [-0.05, 0) is 24.5 Å². The first-order valence-electron chi connectivity index (χ1n) is 7.76. The first kappa shape index (κ1) is 16.7. The van der Waals surface area contributed by atoms with Crippen molar-refractivity contribution >= 4 is 12.0 Å². The minimum Gasteiger partial charge on any atom is -0.292 e. The predicted octanol–water partition coefficient (Wildman–Crippen LogP) is 1.89. The molecule has 0 radical (unpaired) electrons. The second-order valence-corrected chi connectivity index (χ2v) is 5.31. The molecule has 0 amide bonds. The Labute approximate surface area is 135 Å². The van der Waals surface area contributed by atoms with Crippen molar-refractivity contribution < 1.29 is 0 Å². The summed E-state index contributed by atoms with van der Waals surface area (Å²) < 4.78 is 1.02. The summed E-state index contributed by atoms with van der Waals surface area (Å²) in [6, 6.07) is 9.55. The number of hydrogen-bond donors (Lipinski definition) is 1. The summed E-state index contributed by atoms with van der Waals surface area (Å²) in [7, 11) is 1.43. The average molecular weight is 314 g/mol. The molecule has 2 aromatic rings. The first-order valence-corrected chi connectivity index (χ1v) is 7.76. The molecule has 0 aliphatic heterocycles. The van der Waals surface area contributed by atoms with Gasteiger partial charge in [-0.3, -0.25) is 14.3 Å². The molecule has 6 nitrogen and oxygen atoms in total. The number of aryl methyl sites for hydroxylation is 1. The van der Waals surface area contributed by atoms with E-state index in [1.807, 2.05) is 19.1 Å². The Morgan fingerprint density at radius 2 is 1.91 bits per heavy atom. The van der Waals surface area contributed by atoms with E-state index in [4.69, 9.17) is 0 Å². The summed E-state index contributed by atoms with van der Waals surface area (Å²) >= 11 is 0. The molecular formula is C17H22N4O2. The highest BCUT2D eigenvalue weighted by atomic mass is 16.2. The van der Waals surface area contributed by atoms with Gasteiger partial charge in [0.1, 0.15) is 5.82 Å². The minimum absolute atomic E-state index is 0.360. The van der Waals surface area contributed by atoms with E-state index in [0.29, 0.717) is 12.4 Å². The van der Waals surface area contributed by atoms with Gasteiger partial charge in [0.25, 0.3) is 5.56 Å². The third kappa shape index (κ3) is 4.18. The molecule has 0 aliphatic carbocycles. The molecule has 0 saturated carbocycles. The quantitative estimate of drug-likeness (QED) is 0.654. The number of anilines is 1. The van der Waals surface area contributed by atoms with E-state index in [0.717, 1.165) is 23.0 Å². The number of nitrogens with one attached hydrogen (secondary N) is 1. The lowest BCUT2D eigenvalue weighted by atomic mass is 10.1. The van der Waals surface area contributed by atoms with E-state index < -0.39 is 5.69 Å². The van der Waals surface area contributed by atoms with Crippen LogP contribution in [0.15, 0.2) is 45.0 Å². The molecular weight excluding hydrogens is 292 g/mol. The highest BCUT2D eigenvalue weighted by Gasteiger charge is 2.06. The molecule has 0 aliphatic rings. The number of nitrogens with zero attached hydrogens (tertiary/aromatic N) is 3. The summed E-state index contributed by atoms with van der Waals surface area (Å²) in [6.07, 6.45) is 3.90. The van der Waals surface area contributed by atoms with Crippen LogP contribution in [-0.2, 0) is 13.5 Å². The Kier molecular flexibility index (Phi) is 5.51. The first-order chi connectivity index (χ1) is 11.0. The molecule has 1 N–H and O–H groups in total. The van der Waals surface area contributed by atoms with Crippen LogP contribution in [0.25, 0.3) is 0 Å². The van der Waals surface area contributed by atoms with E-state index in [-0.39, 0.29) is 5.56 Å². The molecule has 1 aromatic heterocycles. The van der Waals surface area contributed by atoms with Crippen LogP contribution in [-0.4, -0.2) is 22.3 Å². The van der Waals surface area contributed by atoms with Crippen LogP contribution >= 0.6 is 0 Å². The lowest BCUT2D eigenvalue weighted by molar-refractivity contribution is 0.756. The van der Waals surface area contributed by atoms with Gasteiger partial charge in [-0.15, -0.1) is 0 Å². The van der Waals surface area contributed by atoms with Gasteiger partial charge in [0.2, 0.25) is 0 Å². The summed E-state index contributed by atoms with van der Waals surface area (Å²) in [6.45, 7) is 4.59. The molecule has 0 unspecified atom stereocenters. The van der Waals surface area contributed by atoms with Gasteiger partial charge >= 0.3 is 5.69 Å². The highest BCUT2D eigenvalue weighted by molar-refractivity contribution is 5.80. The second-order valence-electron chi connectivity index (χ2n) is 5.31. The lowest BCUT2D eigenvalue weighted by Crippen LogP contribution is -2.34. The van der Waals surface area contributed by atoms with Crippen molar-refractivity contribution in [2.24, 2.45) is 12.1 Å². The van der Waals surface area contributed by atoms with E-state index in [2.05, 4.69) is 29.1 Å². The summed E-state index contributed by atoms with van der Waals surface area (Å²) in [4.78, 5) is 26.1. The molecule has 23 heavy (non-hydrogen) atoms. The van der Waals surface area contributed by atoms with Crippen molar-refractivity contribution in [3.63, 3.8) is 0 Å². The van der Waals surface area contributed by atoms with Crippen LogP contribution in [0, 0.1) is 0 Å². The molecule has 0 atom stereocenters. The zero-order valence-corrected chi connectivity index (χ0v) is 13.7. The molecule has 0 spiro atoms. The fourth-order valence-corrected chi connectivity index (χ4v) is 2.19. The Bertz CT molecular complexity index is 756. The van der Waals surface area contributed by atoms with Gasteiger partial charge in [0, 0.05) is 19.7 Å². The van der Waals surface area contributed by atoms with Crippen LogP contribution in [0.1, 0.15) is 31.4 Å². The van der Waals surface area contributed by atoms with Gasteiger partial charge < -0.3 is 0 Å². The average Bonchev–Trinajstić information content (AvgIpc) is 2.55. The van der Waals surface area contributed by atoms with Crippen molar-refractivity contribution in [2.45, 2.75) is 26.7 Å².